The Morgan fingerprint density at radius 1 is 0.644 bits per heavy atom. The largest absolute Gasteiger partial charge is 0.478 e. The molecule has 0 aliphatic heterocycles. The molecule has 220 valence electrons. The first-order valence-electron chi connectivity index (χ1n) is 14.0. The van der Waals surface area contributed by atoms with Crippen LogP contribution in [-0.2, 0) is 4.79 Å². The summed E-state index contributed by atoms with van der Waals surface area (Å²) in [5.74, 6) is -1.09. The first kappa shape index (κ1) is 29.5. The van der Waals surface area contributed by atoms with Gasteiger partial charge in [0, 0.05) is 48.7 Å². The van der Waals surface area contributed by atoms with Gasteiger partial charge in [0.05, 0.1) is 10.5 Å². The number of nitro groups is 1. The first-order chi connectivity index (χ1) is 21.9. The normalized spacial score (nSPS) is 11.5. The fourth-order valence-corrected chi connectivity index (χ4v) is 6.78. The van der Waals surface area contributed by atoms with Crippen LogP contribution < -0.4 is 4.90 Å². The summed E-state index contributed by atoms with van der Waals surface area (Å²) in [4.78, 5) is 28.7. The Morgan fingerprint density at radius 3 is 1.73 bits per heavy atom. The van der Waals surface area contributed by atoms with Crippen LogP contribution in [0.15, 0.2) is 133 Å². The molecular weight excluding hydrogens is 601 g/mol. The van der Waals surface area contributed by atoms with E-state index in [1.165, 1.54) is 35.6 Å². The van der Waals surface area contributed by atoms with Crippen molar-refractivity contribution < 1.29 is 14.8 Å². The quantitative estimate of drug-likeness (QED) is 0.0929. The second-order valence-corrected chi connectivity index (χ2v) is 12.2. The summed E-state index contributed by atoms with van der Waals surface area (Å²) in [6, 6.07) is 42.7. The van der Waals surface area contributed by atoms with Crippen molar-refractivity contribution >= 4 is 75.2 Å². The lowest BCUT2D eigenvalue weighted by Gasteiger charge is -2.25. The molecule has 1 N–H and O–H groups in total. The molecule has 0 fully saturated rings. The number of non-ortho nitro benzene ring substituents is 1. The van der Waals surface area contributed by atoms with E-state index in [0.29, 0.717) is 5.56 Å². The number of carboxylic acids is 1. The summed E-state index contributed by atoms with van der Waals surface area (Å²) in [7, 11) is 0. The molecule has 6 nitrogen and oxygen atoms in total. The van der Waals surface area contributed by atoms with E-state index in [-0.39, 0.29) is 11.3 Å². The predicted molar refractivity (Wildman–Crippen MR) is 186 cm³/mol. The zero-order valence-electron chi connectivity index (χ0n) is 23.8. The number of para-hydroxylation sites is 2. The monoisotopic (exact) mass is 626 g/mol. The van der Waals surface area contributed by atoms with Crippen molar-refractivity contribution in [2.45, 2.75) is 0 Å². The van der Waals surface area contributed by atoms with Crippen LogP contribution in [0.4, 0.5) is 22.7 Å². The molecule has 4 aromatic carbocycles. The van der Waals surface area contributed by atoms with E-state index in [2.05, 4.69) is 77.7 Å². The van der Waals surface area contributed by atoms with E-state index in [4.69, 9.17) is 0 Å². The minimum Gasteiger partial charge on any atom is -0.478 e. The number of carbonyl (C=O) groups is 1. The van der Waals surface area contributed by atoms with Crippen LogP contribution in [0.5, 0.6) is 0 Å². The van der Waals surface area contributed by atoms with Gasteiger partial charge in [0.15, 0.2) is 0 Å². The summed E-state index contributed by atoms with van der Waals surface area (Å²) >= 11 is 3.16. The summed E-state index contributed by atoms with van der Waals surface area (Å²) in [6.45, 7) is 0. The molecule has 45 heavy (non-hydrogen) atoms. The molecule has 0 spiro atoms. The third-order valence-corrected chi connectivity index (χ3v) is 9.30. The Bertz CT molecular complexity index is 1950. The Morgan fingerprint density at radius 2 is 1.18 bits per heavy atom. The fraction of sp³-hybridized carbons (Fsp3) is 0. The van der Waals surface area contributed by atoms with Crippen LogP contribution in [0.25, 0.3) is 33.6 Å². The van der Waals surface area contributed by atoms with Crippen LogP contribution in [-0.4, -0.2) is 16.0 Å². The third-order valence-electron chi connectivity index (χ3n) is 7.02. The molecule has 0 aliphatic carbocycles. The Hall–Kier alpha value is -5.57. The van der Waals surface area contributed by atoms with Gasteiger partial charge in [-0.25, -0.2) is 4.79 Å². The number of nitrogens with zero attached hydrogens (tertiary/aromatic N) is 2. The molecule has 0 bridgehead atoms. The molecule has 0 aliphatic rings. The van der Waals surface area contributed by atoms with Gasteiger partial charge in [-0.15, -0.1) is 22.7 Å². The number of benzene rings is 4. The van der Waals surface area contributed by atoms with Crippen LogP contribution in [0.2, 0.25) is 0 Å². The van der Waals surface area contributed by atoms with E-state index >= 15 is 0 Å². The molecule has 0 unspecified atom stereocenters. The maximum Gasteiger partial charge on any atom is 0.336 e. The van der Waals surface area contributed by atoms with Gasteiger partial charge in [0.25, 0.3) is 5.69 Å². The van der Waals surface area contributed by atoms with Crippen LogP contribution >= 0.6 is 22.7 Å². The highest BCUT2D eigenvalue weighted by molar-refractivity contribution is 7.23. The smallest absolute Gasteiger partial charge is 0.336 e. The van der Waals surface area contributed by atoms with Crippen molar-refractivity contribution in [3.8, 4) is 9.75 Å². The summed E-state index contributed by atoms with van der Waals surface area (Å²) in [5, 5.41) is 20.7. The standard InChI is InChI=1S/C37H26N2O4S2/c40-37(41)34(27-14-18-31(19-15-27)39(42)43)25-33-22-24-36(45-33)35-23-21-32(44-35)20-13-26-11-16-30(17-12-26)38(28-7-3-1-4-8-28)29-9-5-2-6-10-29/h1-25H,(H,40,41)/b20-13+,34-25-. The molecule has 2 aromatic heterocycles. The molecule has 0 radical (unpaired) electrons. The molecule has 0 atom stereocenters. The number of nitro benzene ring substituents is 1. The van der Waals surface area contributed by atoms with Crippen molar-refractivity contribution in [1.29, 1.82) is 0 Å². The molecule has 0 saturated carbocycles. The van der Waals surface area contributed by atoms with Gasteiger partial charge in [-0.3, -0.25) is 10.1 Å². The lowest BCUT2D eigenvalue weighted by molar-refractivity contribution is -0.384. The first-order valence-corrected chi connectivity index (χ1v) is 15.7. The molecule has 6 rings (SSSR count). The number of thiophene rings is 2. The Labute approximate surface area is 268 Å². The van der Waals surface area contributed by atoms with Gasteiger partial charge < -0.3 is 10.0 Å². The lowest BCUT2D eigenvalue weighted by Crippen LogP contribution is -2.09. The van der Waals surface area contributed by atoms with Gasteiger partial charge in [-0.2, -0.15) is 0 Å². The highest BCUT2D eigenvalue weighted by Crippen LogP contribution is 2.37. The van der Waals surface area contributed by atoms with Crippen LogP contribution in [0.3, 0.4) is 0 Å². The minimum atomic E-state index is -1.09. The second kappa shape index (κ2) is 13.4. The number of carboxylic acid groups (broad SMARTS) is 1. The van der Waals surface area contributed by atoms with E-state index < -0.39 is 10.9 Å². The van der Waals surface area contributed by atoms with Gasteiger partial charge in [-0.05, 0) is 96.1 Å². The number of anilines is 3. The summed E-state index contributed by atoms with van der Waals surface area (Å²) in [5.41, 5.74) is 4.75. The summed E-state index contributed by atoms with van der Waals surface area (Å²) in [6.07, 6.45) is 5.80. The zero-order chi connectivity index (χ0) is 31.2. The lowest BCUT2D eigenvalue weighted by atomic mass is 10.0. The summed E-state index contributed by atoms with van der Waals surface area (Å²) < 4.78 is 0. The topological polar surface area (TPSA) is 83.7 Å². The van der Waals surface area contributed by atoms with E-state index in [1.807, 2.05) is 48.5 Å². The van der Waals surface area contributed by atoms with Gasteiger partial charge in [0.2, 0.25) is 0 Å². The predicted octanol–water partition coefficient (Wildman–Crippen LogP) is 10.7. The van der Waals surface area contributed by atoms with Crippen molar-refractivity contribution in [1.82, 2.24) is 0 Å². The maximum absolute atomic E-state index is 12.0. The van der Waals surface area contributed by atoms with Crippen molar-refractivity contribution in [2.24, 2.45) is 0 Å². The molecular formula is C37H26N2O4S2. The highest BCUT2D eigenvalue weighted by Gasteiger charge is 2.15. The van der Waals surface area contributed by atoms with Crippen LogP contribution in [0, 0.1) is 10.1 Å². The molecule has 2 heterocycles. The van der Waals surface area contributed by atoms with E-state index in [9.17, 15) is 20.0 Å². The number of hydrogen-bond donors (Lipinski definition) is 1. The minimum absolute atomic E-state index is 0.0785. The third kappa shape index (κ3) is 6.99. The average Bonchev–Trinajstić information content (AvgIpc) is 3.74. The van der Waals surface area contributed by atoms with Gasteiger partial charge in [-0.1, -0.05) is 54.6 Å². The van der Waals surface area contributed by atoms with Gasteiger partial charge >= 0.3 is 5.97 Å². The number of rotatable bonds is 10. The number of aliphatic carboxylic acids is 1. The van der Waals surface area contributed by atoms with Gasteiger partial charge in [0.1, 0.15) is 0 Å². The van der Waals surface area contributed by atoms with E-state index in [1.54, 1.807) is 17.4 Å². The number of hydrogen-bond acceptors (Lipinski definition) is 6. The highest BCUT2D eigenvalue weighted by atomic mass is 32.1. The van der Waals surface area contributed by atoms with E-state index in [0.717, 1.165) is 42.1 Å². The Balaban J connectivity index is 1.17. The molecule has 8 heteroatoms. The van der Waals surface area contributed by atoms with Crippen LogP contribution in [0.1, 0.15) is 20.9 Å². The zero-order valence-corrected chi connectivity index (χ0v) is 25.4. The van der Waals surface area contributed by atoms with Crippen molar-refractivity contribution in [3.63, 3.8) is 0 Å². The average molecular weight is 627 g/mol. The SMILES string of the molecule is O=C(O)/C(=C\c1ccc(-c2ccc(/C=C/c3ccc(N(c4ccccc4)c4ccccc4)cc3)s2)s1)c1ccc([N+](=O)[O-])cc1. The second-order valence-electron chi connectivity index (χ2n) is 10.0. The molecule has 6 aromatic rings. The maximum atomic E-state index is 12.0. The Kier molecular flexibility index (Phi) is 8.77. The molecule has 0 amide bonds. The van der Waals surface area contributed by atoms with Crippen molar-refractivity contribution in [3.05, 3.63) is 164 Å². The fourth-order valence-electron chi connectivity index (χ4n) is 4.83. The van der Waals surface area contributed by atoms with Crippen molar-refractivity contribution in [2.75, 3.05) is 4.90 Å². The molecule has 0 saturated heterocycles.